The molecule has 0 fully saturated rings. The predicted octanol–water partition coefficient (Wildman–Crippen LogP) is 1.63. The van der Waals surface area contributed by atoms with Gasteiger partial charge in [0.25, 0.3) is 0 Å². The van der Waals surface area contributed by atoms with Crippen molar-refractivity contribution in [1.82, 2.24) is 5.32 Å². The minimum atomic E-state index is 1.10. The summed E-state index contributed by atoms with van der Waals surface area (Å²) < 4.78 is 0. The van der Waals surface area contributed by atoms with Gasteiger partial charge in [-0.2, -0.15) is 0 Å². The third kappa shape index (κ3) is 1.01. The number of hydrogen-bond donors (Lipinski definition) is 1. The first kappa shape index (κ1) is 6.17. The van der Waals surface area contributed by atoms with Crippen molar-refractivity contribution in [2.75, 3.05) is 13.1 Å². The van der Waals surface area contributed by atoms with E-state index in [1.165, 1.54) is 25.8 Å². The van der Waals surface area contributed by atoms with Gasteiger partial charge < -0.3 is 5.32 Å². The van der Waals surface area contributed by atoms with Crippen LogP contribution >= 0.6 is 0 Å². The average molecular weight is 135 g/mol. The lowest BCUT2D eigenvalue weighted by atomic mass is 9.93. The van der Waals surface area contributed by atoms with E-state index >= 15 is 0 Å². The zero-order valence-corrected chi connectivity index (χ0v) is 6.19. The molecule has 0 radical (unpaired) electrons. The third-order valence-corrected chi connectivity index (χ3v) is 2.30. The first-order valence-corrected chi connectivity index (χ1v) is 4.05. The Morgan fingerprint density at radius 1 is 1.30 bits per heavy atom. The lowest BCUT2D eigenvalue weighted by molar-refractivity contribution is 0.656. The summed E-state index contributed by atoms with van der Waals surface area (Å²) in [7, 11) is 0. The number of allylic oxidation sites excluding steroid dienone is 1. The van der Waals surface area contributed by atoms with Crippen molar-refractivity contribution >= 4 is 0 Å². The van der Waals surface area contributed by atoms with Crippen LogP contribution in [0.25, 0.3) is 0 Å². The minimum Gasteiger partial charge on any atom is -0.312 e. The van der Waals surface area contributed by atoms with Crippen LogP contribution in [0.3, 0.4) is 0 Å². The van der Waals surface area contributed by atoms with Gasteiger partial charge in [-0.3, -0.25) is 0 Å². The summed E-state index contributed by atoms with van der Waals surface area (Å²) in [6.45, 7) is 2.29. The Hall–Kier alpha value is -0.560. The minimum absolute atomic E-state index is 1.10. The van der Waals surface area contributed by atoms with Crippen LogP contribution < -0.4 is 5.32 Å². The van der Waals surface area contributed by atoms with Gasteiger partial charge in [0.05, 0.1) is 0 Å². The van der Waals surface area contributed by atoms with Crippen LogP contribution in [0.4, 0.5) is 0 Å². The van der Waals surface area contributed by atoms with Gasteiger partial charge in [0.15, 0.2) is 0 Å². The normalized spacial score (nSPS) is 24.8. The van der Waals surface area contributed by atoms with Gasteiger partial charge in [0.2, 0.25) is 0 Å². The summed E-state index contributed by atoms with van der Waals surface area (Å²) in [6.07, 6.45) is 8.42. The van der Waals surface area contributed by atoms with Crippen LogP contribution in [-0.2, 0) is 0 Å². The third-order valence-electron chi connectivity index (χ3n) is 2.30. The maximum Gasteiger partial charge on any atom is 0.0205 e. The molecule has 1 N–H and O–H groups in total. The molecule has 2 aliphatic rings. The molecule has 0 atom stereocenters. The van der Waals surface area contributed by atoms with E-state index in [1.807, 2.05) is 0 Å². The summed E-state index contributed by atoms with van der Waals surface area (Å²) in [5.41, 5.74) is 3.25. The summed E-state index contributed by atoms with van der Waals surface area (Å²) in [4.78, 5) is 0. The molecule has 0 aromatic rings. The van der Waals surface area contributed by atoms with E-state index in [4.69, 9.17) is 0 Å². The van der Waals surface area contributed by atoms with Crippen molar-refractivity contribution in [2.45, 2.75) is 19.3 Å². The fourth-order valence-electron chi connectivity index (χ4n) is 1.69. The molecular weight excluding hydrogens is 122 g/mol. The Morgan fingerprint density at radius 3 is 3.20 bits per heavy atom. The van der Waals surface area contributed by atoms with Crippen LogP contribution in [0, 0.1) is 0 Å². The van der Waals surface area contributed by atoms with Crippen molar-refractivity contribution in [3.8, 4) is 0 Å². The van der Waals surface area contributed by atoms with Crippen molar-refractivity contribution < 1.29 is 0 Å². The predicted molar refractivity (Wildman–Crippen MR) is 42.9 cm³/mol. The molecule has 1 nitrogen and oxygen atoms in total. The highest BCUT2D eigenvalue weighted by molar-refractivity contribution is 5.32. The molecule has 0 saturated carbocycles. The lowest BCUT2D eigenvalue weighted by Crippen LogP contribution is -2.25. The Bertz CT molecular complexity index is 189. The van der Waals surface area contributed by atoms with E-state index in [-0.39, 0.29) is 0 Å². The molecule has 0 amide bonds. The highest BCUT2D eigenvalue weighted by atomic mass is 14.9. The maximum absolute atomic E-state index is 3.37. The second-order valence-electron chi connectivity index (χ2n) is 3.00. The summed E-state index contributed by atoms with van der Waals surface area (Å²) in [5, 5.41) is 3.37. The standard InChI is InChI=1S/C9H13N/c1-2-4-9-7-10-6-5-8(9)3-1/h2,4,10H,1,3,5-7H2. The van der Waals surface area contributed by atoms with Crippen LogP contribution in [-0.4, -0.2) is 13.1 Å². The fourth-order valence-corrected chi connectivity index (χ4v) is 1.69. The molecule has 54 valence electrons. The molecule has 1 heterocycles. The van der Waals surface area contributed by atoms with E-state index in [0.29, 0.717) is 0 Å². The van der Waals surface area contributed by atoms with Crippen LogP contribution in [0.15, 0.2) is 23.3 Å². The second-order valence-corrected chi connectivity index (χ2v) is 3.00. The van der Waals surface area contributed by atoms with E-state index in [0.717, 1.165) is 6.54 Å². The molecule has 0 aromatic carbocycles. The quantitative estimate of drug-likeness (QED) is 0.532. The summed E-state index contributed by atoms with van der Waals surface area (Å²) in [5.74, 6) is 0. The van der Waals surface area contributed by atoms with E-state index < -0.39 is 0 Å². The van der Waals surface area contributed by atoms with E-state index in [9.17, 15) is 0 Å². The molecule has 2 rings (SSSR count). The smallest absolute Gasteiger partial charge is 0.0205 e. The monoisotopic (exact) mass is 135 g/mol. The average Bonchev–Trinajstić information content (AvgIpc) is 2.05. The number of hydrogen-bond acceptors (Lipinski definition) is 1. The SMILES string of the molecule is C1=CC2=C(CC1)CCNC2. The molecule has 0 bridgehead atoms. The van der Waals surface area contributed by atoms with Gasteiger partial charge in [0.1, 0.15) is 0 Å². The first-order valence-electron chi connectivity index (χ1n) is 4.05. The van der Waals surface area contributed by atoms with Crippen molar-refractivity contribution in [3.05, 3.63) is 23.3 Å². The van der Waals surface area contributed by atoms with E-state index in [1.54, 1.807) is 11.1 Å². The molecule has 1 heteroatoms. The first-order chi connectivity index (χ1) is 4.97. The van der Waals surface area contributed by atoms with Gasteiger partial charge in [-0.1, -0.05) is 17.7 Å². The largest absolute Gasteiger partial charge is 0.312 e. The van der Waals surface area contributed by atoms with E-state index in [2.05, 4.69) is 17.5 Å². The van der Waals surface area contributed by atoms with Crippen LogP contribution in [0.2, 0.25) is 0 Å². The molecule has 0 saturated heterocycles. The molecule has 10 heavy (non-hydrogen) atoms. The fraction of sp³-hybridized carbons (Fsp3) is 0.556. The molecule has 0 unspecified atom stereocenters. The zero-order chi connectivity index (χ0) is 6.81. The number of rotatable bonds is 0. The highest BCUT2D eigenvalue weighted by Crippen LogP contribution is 2.22. The molecular formula is C9H13N. The van der Waals surface area contributed by atoms with Gasteiger partial charge in [0, 0.05) is 6.54 Å². The Labute approximate surface area is 61.8 Å². The highest BCUT2D eigenvalue weighted by Gasteiger charge is 2.11. The summed E-state index contributed by atoms with van der Waals surface area (Å²) >= 11 is 0. The molecule has 0 aromatic heterocycles. The van der Waals surface area contributed by atoms with Crippen LogP contribution in [0.5, 0.6) is 0 Å². The Morgan fingerprint density at radius 2 is 2.30 bits per heavy atom. The van der Waals surface area contributed by atoms with Crippen molar-refractivity contribution in [2.24, 2.45) is 0 Å². The van der Waals surface area contributed by atoms with Crippen molar-refractivity contribution in [3.63, 3.8) is 0 Å². The Balaban J connectivity index is 2.23. The van der Waals surface area contributed by atoms with Gasteiger partial charge >= 0.3 is 0 Å². The van der Waals surface area contributed by atoms with Crippen molar-refractivity contribution in [1.29, 1.82) is 0 Å². The zero-order valence-electron chi connectivity index (χ0n) is 6.19. The number of nitrogens with one attached hydrogen (secondary N) is 1. The summed E-state index contributed by atoms with van der Waals surface area (Å²) in [6, 6.07) is 0. The second kappa shape index (κ2) is 2.59. The van der Waals surface area contributed by atoms with Gasteiger partial charge in [-0.15, -0.1) is 0 Å². The Kier molecular flexibility index (Phi) is 1.60. The molecule has 1 aliphatic carbocycles. The topological polar surface area (TPSA) is 12.0 Å². The van der Waals surface area contributed by atoms with Gasteiger partial charge in [-0.05, 0) is 31.4 Å². The van der Waals surface area contributed by atoms with Gasteiger partial charge in [-0.25, -0.2) is 0 Å². The maximum atomic E-state index is 3.37. The van der Waals surface area contributed by atoms with Crippen LogP contribution in [0.1, 0.15) is 19.3 Å². The lowest BCUT2D eigenvalue weighted by Gasteiger charge is -2.21. The molecule has 1 aliphatic heterocycles. The molecule has 0 spiro atoms.